The third kappa shape index (κ3) is 3.89. The molecule has 0 spiro atoms. The average Bonchev–Trinajstić information content (AvgIpc) is 3.07. The van der Waals surface area contributed by atoms with E-state index < -0.39 is 10.0 Å². The van der Waals surface area contributed by atoms with Gasteiger partial charge in [0.1, 0.15) is 10.7 Å². The molecule has 2 aromatic heterocycles. The van der Waals surface area contributed by atoms with Gasteiger partial charge in [-0.25, -0.2) is 12.8 Å². The molecular formula is C22H25FN4O2S. The van der Waals surface area contributed by atoms with Crippen molar-refractivity contribution in [1.82, 2.24) is 19.1 Å². The molecule has 4 rings (SSSR count). The van der Waals surface area contributed by atoms with E-state index in [9.17, 15) is 12.8 Å². The van der Waals surface area contributed by atoms with E-state index in [2.05, 4.69) is 5.10 Å². The van der Waals surface area contributed by atoms with Crippen molar-refractivity contribution in [3.63, 3.8) is 0 Å². The zero-order valence-electron chi connectivity index (χ0n) is 17.3. The molecule has 0 saturated carbocycles. The first-order valence-electron chi connectivity index (χ1n) is 9.99. The average molecular weight is 429 g/mol. The Balaban J connectivity index is 1.63. The Morgan fingerprint density at radius 1 is 1.10 bits per heavy atom. The lowest BCUT2D eigenvalue weighted by Gasteiger charge is -2.31. The summed E-state index contributed by atoms with van der Waals surface area (Å²) >= 11 is 0. The van der Waals surface area contributed by atoms with Gasteiger partial charge in [-0.15, -0.1) is 0 Å². The van der Waals surface area contributed by atoms with Crippen LogP contribution in [-0.2, 0) is 17.1 Å². The number of benzene rings is 1. The molecule has 0 N–H and O–H groups in total. The molecule has 0 unspecified atom stereocenters. The van der Waals surface area contributed by atoms with Gasteiger partial charge in [0.15, 0.2) is 0 Å². The fourth-order valence-corrected chi connectivity index (χ4v) is 5.69. The van der Waals surface area contributed by atoms with E-state index in [1.165, 1.54) is 18.3 Å². The second-order valence-corrected chi connectivity index (χ2v) is 9.76. The third-order valence-corrected chi connectivity index (χ3v) is 7.73. The van der Waals surface area contributed by atoms with Gasteiger partial charge in [0, 0.05) is 37.4 Å². The number of sulfonamides is 1. The van der Waals surface area contributed by atoms with Gasteiger partial charge in [-0.3, -0.25) is 9.67 Å². The van der Waals surface area contributed by atoms with Gasteiger partial charge in [0.25, 0.3) is 0 Å². The molecule has 0 bridgehead atoms. The minimum atomic E-state index is -3.61. The summed E-state index contributed by atoms with van der Waals surface area (Å²) in [4.78, 5) is 4.96. The van der Waals surface area contributed by atoms with E-state index in [0.717, 1.165) is 35.4 Å². The molecule has 0 radical (unpaired) electrons. The molecule has 1 fully saturated rings. The molecule has 6 nitrogen and oxygen atoms in total. The third-order valence-electron chi connectivity index (χ3n) is 5.76. The number of halogens is 1. The lowest BCUT2D eigenvalue weighted by molar-refractivity contribution is 0.312. The molecule has 1 atom stereocenters. The molecule has 3 aromatic rings. The highest BCUT2D eigenvalue weighted by Crippen LogP contribution is 2.32. The number of rotatable bonds is 4. The van der Waals surface area contributed by atoms with Gasteiger partial charge in [-0.05, 0) is 62.1 Å². The fourth-order valence-electron chi connectivity index (χ4n) is 3.99. The van der Waals surface area contributed by atoms with Crippen LogP contribution in [-0.4, -0.2) is 40.6 Å². The molecule has 1 aliphatic heterocycles. The number of aryl methyl sites for hydroxylation is 2. The van der Waals surface area contributed by atoms with Gasteiger partial charge in [0.2, 0.25) is 10.0 Å². The van der Waals surface area contributed by atoms with Crippen LogP contribution in [0.4, 0.5) is 4.39 Å². The largest absolute Gasteiger partial charge is 0.272 e. The van der Waals surface area contributed by atoms with Crippen LogP contribution in [0, 0.1) is 19.7 Å². The molecule has 1 saturated heterocycles. The maximum atomic E-state index is 13.3. The monoisotopic (exact) mass is 428 g/mol. The quantitative estimate of drug-likeness (QED) is 0.634. The molecule has 30 heavy (non-hydrogen) atoms. The first-order chi connectivity index (χ1) is 14.3. The van der Waals surface area contributed by atoms with E-state index in [1.807, 2.05) is 19.1 Å². The van der Waals surface area contributed by atoms with Crippen molar-refractivity contribution in [1.29, 1.82) is 0 Å². The van der Waals surface area contributed by atoms with Crippen molar-refractivity contribution in [2.45, 2.75) is 37.5 Å². The highest BCUT2D eigenvalue weighted by molar-refractivity contribution is 7.89. The Morgan fingerprint density at radius 3 is 2.50 bits per heavy atom. The van der Waals surface area contributed by atoms with Crippen LogP contribution in [0.5, 0.6) is 0 Å². The van der Waals surface area contributed by atoms with Crippen molar-refractivity contribution in [2.24, 2.45) is 7.05 Å². The number of pyridine rings is 1. The van der Waals surface area contributed by atoms with Gasteiger partial charge in [0.05, 0.1) is 11.9 Å². The van der Waals surface area contributed by atoms with Crippen LogP contribution in [0.25, 0.3) is 11.1 Å². The Morgan fingerprint density at radius 2 is 1.83 bits per heavy atom. The number of hydrogen-bond donors (Lipinski definition) is 0. The summed E-state index contributed by atoms with van der Waals surface area (Å²) in [5.74, 6) is -0.270. The Kier molecular flexibility index (Phi) is 5.46. The fraction of sp³-hybridized carbons (Fsp3) is 0.364. The summed E-state index contributed by atoms with van der Waals surface area (Å²) in [5.41, 5.74) is 4.23. The van der Waals surface area contributed by atoms with Crippen molar-refractivity contribution < 1.29 is 12.8 Å². The lowest BCUT2D eigenvalue weighted by Crippen LogP contribution is -2.39. The number of aromatic nitrogens is 3. The van der Waals surface area contributed by atoms with Crippen molar-refractivity contribution in [3.05, 3.63) is 65.5 Å². The number of hydrogen-bond acceptors (Lipinski definition) is 4. The van der Waals surface area contributed by atoms with E-state index in [1.54, 1.807) is 35.1 Å². The first-order valence-corrected chi connectivity index (χ1v) is 11.4. The van der Waals surface area contributed by atoms with E-state index >= 15 is 0 Å². The maximum absolute atomic E-state index is 13.3. The van der Waals surface area contributed by atoms with Crippen LogP contribution in [0.15, 0.2) is 47.5 Å². The summed E-state index contributed by atoms with van der Waals surface area (Å²) in [6, 6.07) is 10.3. The topological polar surface area (TPSA) is 68.1 Å². The minimum absolute atomic E-state index is 0.00426. The van der Waals surface area contributed by atoms with Gasteiger partial charge < -0.3 is 0 Å². The van der Waals surface area contributed by atoms with Crippen molar-refractivity contribution >= 4 is 10.0 Å². The van der Waals surface area contributed by atoms with Crippen molar-refractivity contribution in [2.75, 3.05) is 13.1 Å². The predicted octanol–water partition coefficient (Wildman–Crippen LogP) is 3.81. The standard InChI is InChI=1S/C22H25FN4O2S/c1-15-11-19(17-6-8-20(23)9-7-17)12-21(25-15)18-5-4-10-27(14-18)30(28,29)22-13-24-26(3)16(22)2/h6-9,11-13,18H,4-5,10,14H2,1-3H3/t18-/m1/s1. The SMILES string of the molecule is Cc1cc(-c2ccc(F)cc2)cc([C@@H]2CCCN(S(=O)(=O)c3cnn(C)c3C)C2)n1. The molecule has 0 aliphatic carbocycles. The number of piperidine rings is 1. The molecular weight excluding hydrogens is 403 g/mol. The van der Waals surface area contributed by atoms with Gasteiger partial charge in [-0.1, -0.05) is 12.1 Å². The van der Waals surface area contributed by atoms with Crippen LogP contribution in [0.1, 0.15) is 35.8 Å². The Hall–Kier alpha value is -2.58. The van der Waals surface area contributed by atoms with Crippen molar-refractivity contribution in [3.8, 4) is 11.1 Å². The minimum Gasteiger partial charge on any atom is -0.272 e. The second kappa shape index (κ2) is 7.92. The Labute approximate surface area is 176 Å². The van der Waals surface area contributed by atoms with E-state index in [0.29, 0.717) is 18.8 Å². The van der Waals surface area contributed by atoms with Crippen LogP contribution in [0.3, 0.4) is 0 Å². The Bertz CT molecular complexity index is 1170. The zero-order valence-corrected chi connectivity index (χ0v) is 18.2. The maximum Gasteiger partial charge on any atom is 0.246 e. The number of nitrogens with zero attached hydrogens (tertiary/aromatic N) is 4. The predicted molar refractivity (Wildman–Crippen MR) is 113 cm³/mol. The molecule has 1 aliphatic rings. The van der Waals surface area contributed by atoms with E-state index in [-0.39, 0.29) is 16.6 Å². The second-order valence-electron chi connectivity index (χ2n) is 7.85. The van der Waals surface area contributed by atoms with Crippen LogP contribution < -0.4 is 0 Å². The van der Waals surface area contributed by atoms with Gasteiger partial charge in [-0.2, -0.15) is 9.40 Å². The highest BCUT2D eigenvalue weighted by atomic mass is 32.2. The normalized spacial score (nSPS) is 17.9. The van der Waals surface area contributed by atoms with E-state index in [4.69, 9.17) is 4.98 Å². The molecule has 1 aromatic carbocycles. The molecule has 8 heteroatoms. The molecule has 3 heterocycles. The van der Waals surface area contributed by atoms with Crippen LogP contribution in [0.2, 0.25) is 0 Å². The summed E-state index contributed by atoms with van der Waals surface area (Å²) in [7, 11) is -1.87. The lowest BCUT2D eigenvalue weighted by atomic mass is 9.93. The zero-order chi connectivity index (χ0) is 21.5. The van der Waals surface area contributed by atoms with Crippen LogP contribution >= 0.6 is 0 Å². The summed E-state index contributed by atoms with van der Waals surface area (Å²) in [6.07, 6.45) is 3.06. The smallest absolute Gasteiger partial charge is 0.246 e. The summed E-state index contributed by atoms with van der Waals surface area (Å²) in [6.45, 7) is 4.56. The molecule has 158 valence electrons. The summed E-state index contributed by atoms with van der Waals surface area (Å²) < 4.78 is 42.8. The first kappa shape index (κ1) is 20.7. The summed E-state index contributed by atoms with van der Waals surface area (Å²) in [5, 5.41) is 4.09. The molecule has 0 amide bonds. The van der Waals surface area contributed by atoms with Gasteiger partial charge >= 0.3 is 0 Å². The highest BCUT2D eigenvalue weighted by Gasteiger charge is 2.33.